The van der Waals surface area contributed by atoms with Gasteiger partial charge in [0.2, 0.25) is 5.60 Å². The molecule has 7 nitrogen and oxygen atoms in total. The fraction of sp³-hybridized carbons (Fsp3) is 0.789. The van der Waals surface area contributed by atoms with Gasteiger partial charge in [0.1, 0.15) is 5.82 Å². The lowest BCUT2D eigenvalue weighted by Gasteiger charge is -2.31. The molecule has 0 saturated heterocycles. The first-order valence-electron chi connectivity index (χ1n) is 9.98. The van der Waals surface area contributed by atoms with Crippen molar-refractivity contribution in [3.63, 3.8) is 0 Å². The highest BCUT2D eigenvalue weighted by Crippen LogP contribution is 2.40. The van der Waals surface area contributed by atoms with Crippen LogP contribution in [0.3, 0.4) is 0 Å². The number of imidazole rings is 1. The van der Waals surface area contributed by atoms with Gasteiger partial charge in [-0.3, -0.25) is 9.89 Å². The first-order chi connectivity index (χ1) is 13.4. The Morgan fingerprint density at radius 3 is 2.27 bits per heavy atom. The first kappa shape index (κ1) is 28.9. The van der Waals surface area contributed by atoms with Crippen LogP contribution in [-0.2, 0) is 12.6 Å². The number of nitrogens with zero attached hydrogens (tertiary/aromatic N) is 4. The average molecular weight is 548 g/mol. The lowest BCUT2D eigenvalue weighted by Crippen LogP contribution is -2.46. The second-order valence-corrected chi connectivity index (χ2v) is 7.58. The molecule has 1 unspecified atom stereocenters. The molecule has 0 aromatic carbocycles. The molecule has 176 valence electrons. The molecule has 1 heterocycles. The van der Waals surface area contributed by atoms with Gasteiger partial charge in [-0.2, -0.15) is 13.2 Å². The number of alkyl halides is 3. The Morgan fingerprint density at radius 2 is 1.83 bits per heavy atom. The van der Waals surface area contributed by atoms with E-state index in [2.05, 4.69) is 53.2 Å². The third-order valence-corrected chi connectivity index (χ3v) is 4.74. The van der Waals surface area contributed by atoms with Crippen molar-refractivity contribution < 1.29 is 18.3 Å². The summed E-state index contributed by atoms with van der Waals surface area (Å²) in [5, 5.41) is 16.5. The number of aliphatic hydroxyl groups is 1. The normalized spacial score (nSPS) is 14.8. The van der Waals surface area contributed by atoms with Gasteiger partial charge in [0, 0.05) is 64.1 Å². The molecule has 0 aliphatic carbocycles. The fourth-order valence-corrected chi connectivity index (χ4v) is 3.23. The summed E-state index contributed by atoms with van der Waals surface area (Å²) in [6.07, 6.45) is -2.88. The van der Waals surface area contributed by atoms with Gasteiger partial charge in [-0.25, -0.2) is 4.98 Å². The molecule has 1 rings (SSSR count). The number of nitrogens with one attached hydrogen (secondary N) is 2. The van der Waals surface area contributed by atoms with Gasteiger partial charge in [0.15, 0.2) is 5.96 Å². The zero-order valence-corrected chi connectivity index (χ0v) is 21.0. The lowest BCUT2D eigenvalue weighted by molar-refractivity contribution is -0.272. The van der Waals surface area contributed by atoms with E-state index in [4.69, 9.17) is 0 Å². The van der Waals surface area contributed by atoms with Crippen LogP contribution in [0.4, 0.5) is 13.2 Å². The molecule has 0 aliphatic rings. The molecular weight excluding hydrogens is 512 g/mol. The zero-order chi connectivity index (χ0) is 22.2. The summed E-state index contributed by atoms with van der Waals surface area (Å²) in [4.78, 5) is 10.2. The van der Waals surface area contributed by atoms with Crippen molar-refractivity contribution >= 4 is 29.9 Å². The monoisotopic (exact) mass is 548 g/mol. The fourth-order valence-electron chi connectivity index (χ4n) is 3.23. The van der Waals surface area contributed by atoms with Gasteiger partial charge in [0.05, 0.1) is 0 Å². The van der Waals surface area contributed by atoms with E-state index in [1.165, 1.54) is 24.0 Å². The van der Waals surface area contributed by atoms with Crippen molar-refractivity contribution in [3.05, 3.63) is 18.2 Å². The molecule has 3 N–H and O–H groups in total. The van der Waals surface area contributed by atoms with E-state index in [-0.39, 0.29) is 30.5 Å². The maximum Gasteiger partial charge on any atom is 0.424 e. The summed E-state index contributed by atoms with van der Waals surface area (Å²) >= 11 is 0. The van der Waals surface area contributed by atoms with Gasteiger partial charge in [-0.05, 0) is 34.6 Å². The second kappa shape index (κ2) is 12.7. The van der Waals surface area contributed by atoms with Crippen LogP contribution in [0.15, 0.2) is 17.4 Å². The molecule has 0 spiro atoms. The van der Waals surface area contributed by atoms with E-state index < -0.39 is 24.0 Å². The van der Waals surface area contributed by atoms with Crippen molar-refractivity contribution in [1.29, 1.82) is 0 Å². The summed E-state index contributed by atoms with van der Waals surface area (Å²) in [5.74, 6) is -0.0213. The minimum absolute atomic E-state index is 0. The third-order valence-electron chi connectivity index (χ3n) is 4.74. The van der Waals surface area contributed by atoms with E-state index in [1.807, 2.05) is 6.92 Å². The number of aryl methyl sites for hydroxylation is 1. The molecular formula is C19H36F3IN6O. The maximum absolute atomic E-state index is 13.6. The van der Waals surface area contributed by atoms with Crippen LogP contribution in [-0.4, -0.2) is 70.0 Å². The van der Waals surface area contributed by atoms with Crippen LogP contribution in [0.25, 0.3) is 0 Å². The van der Waals surface area contributed by atoms with E-state index in [0.29, 0.717) is 31.1 Å². The smallest absolute Gasteiger partial charge is 0.374 e. The summed E-state index contributed by atoms with van der Waals surface area (Å²) in [7, 11) is 1.42. The third kappa shape index (κ3) is 7.88. The highest BCUT2D eigenvalue weighted by molar-refractivity contribution is 14.0. The van der Waals surface area contributed by atoms with Gasteiger partial charge >= 0.3 is 6.18 Å². The molecule has 0 bridgehead atoms. The number of aromatic nitrogens is 2. The van der Waals surface area contributed by atoms with Gasteiger partial charge in [-0.15, -0.1) is 24.0 Å². The second-order valence-electron chi connectivity index (χ2n) is 7.58. The largest absolute Gasteiger partial charge is 0.424 e. The predicted octanol–water partition coefficient (Wildman–Crippen LogP) is 2.85. The van der Waals surface area contributed by atoms with Crippen LogP contribution in [0.5, 0.6) is 0 Å². The average Bonchev–Trinajstić information content (AvgIpc) is 3.03. The summed E-state index contributed by atoms with van der Waals surface area (Å²) in [5.41, 5.74) is -3.06. The molecule has 1 atom stereocenters. The Kier molecular flexibility index (Phi) is 12.2. The van der Waals surface area contributed by atoms with Crippen molar-refractivity contribution in [3.8, 4) is 0 Å². The number of halogens is 4. The van der Waals surface area contributed by atoms with Gasteiger partial charge < -0.3 is 20.3 Å². The number of hydrogen-bond donors (Lipinski definition) is 3. The summed E-state index contributed by atoms with van der Waals surface area (Å²) in [6, 6.07) is 0.770. The molecule has 30 heavy (non-hydrogen) atoms. The lowest BCUT2D eigenvalue weighted by atomic mass is 9.98. The molecule has 11 heteroatoms. The molecule has 0 fully saturated rings. The van der Waals surface area contributed by atoms with Gasteiger partial charge in [0.25, 0.3) is 0 Å². The van der Waals surface area contributed by atoms with Crippen molar-refractivity contribution in [2.24, 2.45) is 12.0 Å². The van der Waals surface area contributed by atoms with E-state index in [0.717, 1.165) is 6.54 Å². The number of hydrogen-bond acceptors (Lipinski definition) is 4. The Morgan fingerprint density at radius 1 is 1.23 bits per heavy atom. The Balaban J connectivity index is 0.00000841. The zero-order valence-electron chi connectivity index (χ0n) is 18.6. The van der Waals surface area contributed by atoms with Gasteiger partial charge in [-0.1, -0.05) is 0 Å². The molecule has 0 saturated carbocycles. The molecule has 0 amide bonds. The highest BCUT2D eigenvalue weighted by atomic mass is 127. The first-order valence-corrected chi connectivity index (χ1v) is 9.98. The van der Waals surface area contributed by atoms with Crippen LogP contribution in [0.1, 0.15) is 46.9 Å². The van der Waals surface area contributed by atoms with Crippen molar-refractivity contribution in [2.75, 3.05) is 26.2 Å². The summed E-state index contributed by atoms with van der Waals surface area (Å²) in [6.45, 7) is 12.1. The predicted molar refractivity (Wildman–Crippen MR) is 124 cm³/mol. The van der Waals surface area contributed by atoms with E-state index in [9.17, 15) is 18.3 Å². The number of rotatable bonds is 10. The Hall–Kier alpha value is -1.08. The SMILES string of the molecule is CCNC(=NCCC(O)(c1nccn1C)C(F)(F)F)NCCN(C(C)C)C(C)C.I. The van der Waals surface area contributed by atoms with Crippen LogP contribution in [0, 0.1) is 0 Å². The molecule has 0 radical (unpaired) electrons. The topological polar surface area (TPSA) is 77.7 Å². The molecule has 1 aromatic heterocycles. The van der Waals surface area contributed by atoms with Crippen LogP contribution < -0.4 is 10.6 Å². The quantitative estimate of drug-likeness (QED) is 0.238. The Labute approximate surface area is 194 Å². The highest BCUT2D eigenvalue weighted by Gasteiger charge is 2.57. The van der Waals surface area contributed by atoms with Crippen molar-refractivity contribution in [1.82, 2.24) is 25.1 Å². The number of aliphatic imine (C=N–C) groups is 1. The minimum Gasteiger partial charge on any atom is -0.374 e. The molecule has 0 aliphatic heterocycles. The van der Waals surface area contributed by atoms with E-state index in [1.54, 1.807) is 0 Å². The minimum atomic E-state index is -4.86. The van der Waals surface area contributed by atoms with Crippen LogP contribution in [0.2, 0.25) is 0 Å². The summed E-state index contributed by atoms with van der Waals surface area (Å²) < 4.78 is 41.9. The van der Waals surface area contributed by atoms with E-state index >= 15 is 0 Å². The molecule has 1 aromatic rings. The Bertz CT molecular complexity index is 642. The van der Waals surface area contributed by atoms with Crippen molar-refractivity contribution in [2.45, 2.75) is 64.9 Å². The van der Waals surface area contributed by atoms with Crippen LogP contribution >= 0.6 is 24.0 Å². The standard InChI is InChI=1S/C19H35F3N6O.HI/c1-7-23-17(26-11-13-28(14(2)3)15(4)5)25-9-8-18(29,19(20,21)22)16-24-10-12-27(16)6;/h10,12,14-15,29H,7-9,11,13H2,1-6H3,(H2,23,25,26);1H. The maximum atomic E-state index is 13.6. The number of guanidine groups is 1.